The summed E-state index contributed by atoms with van der Waals surface area (Å²) in [6.45, 7) is 1.70. The van der Waals surface area contributed by atoms with Crippen LogP contribution in [-0.4, -0.2) is 16.1 Å². The molecule has 0 spiro atoms. The van der Waals surface area contributed by atoms with Gasteiger partial charge in [-0.3, -0.25) is 4.79 Å². The van der Waals surface area contributed by atoms with Crippen molar-refractivity contribution in [2.24, 2.45) is 0 Å². The molecule has 1 aromatic carbocycles. The molecule has 0 saturated carbocycles. The van der Waals surface area contributed by atoms with Crippen LogP contribution < -0.4 is 5.32 Å². The summed E-state index contributed by atoms with van der Waals surface area (Å²) in [6, 6.07) is 4.88. The molecule has 0 aliphatic carbocycles. The molecule has 1 heterocycles. The first kappa shape index (κ1) is 13.8. The topological polar surface area (TPSA) is 68.0 Å². The van der Waals surface area contributed by atoms with Gasteiger partial charge in [0.2, 0.25) is 17.7 Å². The Hall–Kier alpha value is -1.59. The van der Waals surface area contributed by atoms with Crippen molar-refractivity contribution in [3.05, 3.63) is 40.0 Å². The molecular weight excluding hydrogens is 289 g/mol. The van der Waals surface area contributed by atoms with Crippen molar-refractivity contribution in [2.45, 2.75) is 19.8 Å². The molecule has 0 aliphatic heterocycles. The third-order valence-electron chi connectivity index (χ3n) is 2.34. The third kappa shape index (κ3) is 3.94. The van der Waals surface area contributed by atoms with Crippen LogP contribution in [0.5, 0.6) is 0 Å². The van der Waals surface area contributed by atoms with Crippen molar-refractivity contribution >= 4 is 34.8 Å². The van der Waals surface area contributed by atoms with Crippen molar-refractivity contribution in [3.8, 4) is 0 Å². The molecule has 5 nitrogen and oxygen atoms in total. The summed E-state index contributed by atoms with van der Waals surface area (Å²) in [5, 5.41) is 11.1. The van der Waals surface area contributed by atoms with Gasteiger partial charge in [0, 0.05) is 24.8 Å². The number of amides is 1. The van der Waals surface area contributed by atoms with Gasteiger partial charge < -0.3 is 9.73 Å². The van der Waals surface area contributed by atoms with Crippen LogP contribution in [0.15, 0.2) is 22.6 Å². The number of hydrogen-bond donors (Lipinski definition) is 1. The number of nitrogens with one attached hydrogen (secondary N) is 1. The molecular formula is C12H11Cl2N3O2. The number of hydrogen-bond acceptors (Lipinski definition) is 4. The van der Waals surface area contributed by atoms with E-state index in [1.807, 2.05) is 0 Å². The number of carbonyl (C=O) groups is 1. The first-order valence-corrected chi connectivity index (χ1v) is 6.34. The largest absolute Gasteiger partial charge is 0.426 e. The molecule has 2 rings (SSSR count). The van der Waals surface area contributed by atoms with E-state index in [0.717, 1.165) is 0 Å². The van der Waals surface area contributed by atoms with Crippen LogP contribution in [0, 0.1) is 6.92 Å². The number of anilines is 1. The molecule has 0 aliphatic rings. The molecule has 2 aromatic rings. The lowest BCUT2D eigenvalue weighted by Crippen LogP contribution is -2.12. The zero-order chi connectivity index (χ0) is 13.8. The van der Waals surface area contributed by atoms with Crippen LogP contribution in [0.25, 0.3) is 0 Å². The highest BCUT2D eigenvalue weighted by atomic mass is 35.5. The van der Waals surface area contributed by atoms with E-state index in [1.54, 1.807) is 25.1 Å². The lowest BCUT2D eigenvalue weighted by atomic mass is 10.2. The fourth-order valence-corrected chi connectivity index (χ4v) is 1.80. The maximum absolute atomic E-state index is 11.8. The highest BCUT2D eigenvalue weighted by Gasteiger charge is 2.09. The van der Waals surface area contributed by atoms with Crippen molar-refractivity contribution in [3.63, 3.8) is 0 Å². The van der Waals surface area contributed by atoms with Crippen LogP contribution >= 0.6 is 23.2 Å². The third-order valence-corrected chi connectivity index (χ3v) is 2.90. The van der Waals surface area contributed by atoms with Crippen molar-refractivity contribution in [2.75, 3.05) is 5.32 Å². The minimum atomic E-state index is -0.194. The van der Waals surface area contributed by atoms with Gasteiger partial charge in [0.25, 0.3) is 0 Å². The van der Waals surface area contributed by atoms with Gasteiger partial charge in [-0.15, -0.1) is 10.2 Å². The normalized spacial score (nSPS) is 10.5. The Kier molecular flexibility index (Phi) is 4.39. The van der Waals surface area contributed by atoms with Crippen LogP contribution in [0.4, 0.5) is 5.69 Å². The molecule has 19 heavy (non-hydrogen) atoms. The quantitative estimate of drug-likeness (QED) is 0.941. The molecule has 1 N–H and O–H groups in total. The van der Waals surface area contributed by atoms with E-state index in [0.29, 0.717) is 33.9 Å². The summed E-state index contributed by atoms with van der Waals surface area (Å²) in [5.74, 6) is 0.721. The summed E-state index contributed by atoms with van der Waals surface area (Å²) in [6.07, 6.45) is 0.606. The molecule has 0 atom stereocenters. The average Bonchev–Trinajstić information content (AvgIpc) is 2.77. The zero-order valence-corrected chi connectivity index (χ0v) is 11.6. The average molecular weight is 300 g/mol. The Morgan fingerprint density at radius 3 is 2.84 bits per heavy atom. The number of carbonyl (C=O) groups excluding carboxylic acids is 1. The second-order valence-corrected chi connectivity index (χ2v) is 4.73. The minimum Gasteiger partial charge on any atom is -0.426 e. The van der Waals surface area contributed by atoms with Gasteiger partial charge in [-0.05, 0) is 18.2 Å². The fraction of sp³-hybridized carbons (Fsp3) is 0.250. The summed E-state index contributed by atoms with van der Waals surface area (Å²) in [7, 11) is 0. The van der Waals surface area contributed by atoms with Crippen LogP contribution in [0.3, 0.4) is 0 Å². The lowest BCUT2D eigenvalue weighted by Gasteiger charge is -2.06. The van der Waals surface area contributed by atoms with Crippen LogP contribution in [0.1, 0.15) is 18.2 Å². The van der Waals surface area contributed by atoms with Gasteiger partial charge in [-0.25, -0.2) is 0 Å². The maximum Gasteiger partial charge on any atom is 0.224 e. The SMILES string of the molecule is Cc1nnc(CCC(=O)Nc2cc(Cl)ccc2Cl)o1. The van der Waals surface area contributed by atoms with E-state index in [-0.39, 0.29) is 12.3 Å². The molecule has 0 unspecified atom stereocenters. The van der Waals surface area contributed by atoms with E-state index >= 15 is 0 Å². The predicted octanol–water partition coefficient (Wildman–Crippen LogP) is 3.26. The summed E-state index contributed by atoms with van der Waals surface area (Å²) in [5.41, 5.74) is 0.487. The van der Waals surface area contributed by atoms with Gasteiger partial charge in [-0.2, -0.15) is 0 Å². The molecule has 0 radical (unpaired) electrons. The van der Waals surface area contributed by atoms with Gasteiger partial charge >= 0.3 is 0 Å². The Bertz CT molecular complexity index is 598. The van der Waals surface area contributed by atoms with Crippen LogP contribution in [0.2, 0.25) is 10.0 Å². The molecule has 1 amide bonds. The number of nitrogens with zero attached hydrogens (tertiary/aromatic N) is 2. The van der Waals surface area contributed by atoms with Crippen molar-refractivity contribution in [1.29, 1.82) is 0 Å². The summed E-state index contributed by atoms with van der Waals surface area (Å²) < 4.78 is 5.18. The van der Waals surface area contributed by atoms with E-state index in [1.165, 1.54) is 0 Å². The monoisotopic (exact) mass is 299 g/mol. The van der Waals surface area contributed by atoms with Gasteiger partial charge in [-0.1, -0.05) is 23.2 Å². The van der Waals surface area contributed by atoms with Gasteiger partial charge in [0.05, 0.1) is 10.7 Å². The highest BCUT2D eigenvalue weighted by Crippen LogP contribution is 2.25. The van der Waals surface area contributed by atoms with Gasteiger partial charge in [0.15, 0.2) is 0 Å². The number of aryl methyl sites for hydroxylation is 2. The first-order chi connectivity index (χ1) is 9.04. The number of benzene rings is 1. The fourth-order valence-electron chi connectivity index (χ4n) is 1.46. The van der Waals surface area contributed by atoms with E-state index in [4.69, 9.17) is 27.6 Å². The number of rotatable bonds is 4. The van der Waals surface area contributed by atoms with E-state index in [9.17, 15) is 4.79 Å². The summed E-state index contributed by atoms with van der Waals surface area (Å²) in [4.78, 5) is 11.8. The lowest BCUT2D eigenvalue weighted by molar-refractivity contribution is -0.116. The van der Waals surface area contributed by atoms with Gasteiger partial charge in [0.1, 0.15) is 0 Å². The Morgan fingerprint density at radius 2 is 2.16 bits per heavy atom. The molecule has 0 bridgehead atoms. The van der Waals surface area contributed by atoms with Crippen molar-refractivity contribution < 1.29 is 9.21 Å². The molecule has 0 saturated heterocycles. The van der Waals surface area contributed by atoms with Crippen molar-refractivity contribution in [1.82, 2.24) is 10.2 Å². The smallest absolute Gasteiger partial charge is 0.224 e. The number of halogens is 2. The Balaban J connectivity index is 1.92. The predicted molar refractivity (Wildman–Crippen MR) is 72.4 cm³/mol. The minimum absolute atomic E-state index is 0.194. The zero-order valence-electron chi connectivity index (χ0n) is 10.1. The molecule has 100 valence electrons. The number of aromatic nitrogens is 2. The standard InChI is InChI=1S/C12H11Cl2N3O2/c1-7-16-17-12(19-7)5-4-11(18)15-10-6-8(13)2-3-9(10)14/h2-3,6H,4-5H2,1H3,(H,15,18). The molecule has 0 fully saturated rings. The maximum atomic E-state index is 11.8. The second kappa shape index (κ2) is 6.04. The second-order valence-electron chi connectivity index (χ2n) is 3.89. The Labute approximate surface area is 119 Å². The Morgan fingerprint density at radius 1 is 1.37 bits per heavy atom. The molecule has 7 heteroatoms. The van der Waals surface area contributed by atoms with E-state index < -0.39 is 0 Å². The summed E-state index contributed by atoms with van der Waals surface area (Å²) >= 11 is 11.8. The van der Waals surface area contributed by atoms with Crippen LogP contribution in [-0.2, 0) is 11.2 Å². The van der Waals surface area contributed by atoms with E-state index in [2.05, 4.69) is 15.5 Å². The first-order valence-electron chi connectivity index (χ1n) is 5.58. The highest BCUT2D eigenvalue weighted by molar-refractivity contribution is 6.35. The molecule has 1 aromatic heterocycles.